The first-order chi connectivity index (χ1) is 16.1. The zero-order valence-electron chi connectivity index (χ0n) is 23.8. The van der Waals surface area contributed by atoms with Crippen LogP contribution in [0.15, 0.2) is 60.0 Å². The molecule has 0 radical (unpaired) electrons. The van der Waals surface area contributed by atoms with Gasteiger partial charge in [-0.15, -0.1) is 0 Å². The molecular weight excluding hydrogens is 552 g/mol. The zero-order valence-corrected chi connectivity index (χ0v) is 28.3. The van der Waals surface area contributed by atoms with Crippen molar-refractivity contribution in [1.82, 2.24) is 0 Å². The summed E-state index contributed by atoms with van der Waals surface area (Å²) in [7, 11) is -3.97. The molecule has 0 saturated heterocycles. The van der Waals surface area contributed by atoms with Gasteiger partial charge in [0.05, 0.1) is 11.5 Å². The molecule has 2 nitrogen and oxygen atoms in total. The Morgan fingerprint density at radius 2 is 0.944 bits per heavy atom. The van der Waals surface area contributed by atoms with E-state index in [1.54, 1.807) is 0 Å². The Balaban J connectivity index is 0.00000361. The van der Waals surface area contributed by atoms with Gasteiger partial charge in [-0.25, -0.2) is 0 Å². The summed E-state index contributed by atoms with van der Waals surface area (Å²) in [6, 6.07) is 17.5. The van der Waals surface area contributed by atoms with E-state index in [2.05, 4.69) is 135 Å². The maximum atomic E-state index is 6.96. The topological polar surface area (TPSA) is 18.5 Å². The molecular formula is C31H43O2Si2Zr-. The van der Waals surface area contributed by atoms with Crippen LogP contribution in [0.25, 0.3) is 12.2 Å². The van der Waals surface area contributed by atoms with Gasteiger partial charge in [0.15, 0.2) is 0 Å². The Hall–Kier alpha value is -1.16. The van der Waals surface area contributed by atoms with Crippen molar-refractivity contribution < 1.29 is 35.1 Å². The second kappa shape index (κ2) is 10.2. The van der Waals surface area contributed by atoms with Gasteiger partial charge >= 0.3 is 0 Å². The van der Waals surface area contributed by atoms with Gasteiger partial charge in [0.1, 0.15) is 0 Å². The van der Waals surface area contributed by atoms with Gasteiger partial charge in [-0.3, -0.25) is 6.42 Å². The van der Waals surface area contributed by atoms with Crippen LogP contribution in [0.3, 0.4) is 0 Å². The molecule has 2 aliphatic carbocycles. The number of hydrogen-bond donors (Lipinski definition) is 0. The molecule has 36 heavy (non-hydrogen) atoms. The summed E-state index contributed by atoms with van der Waals surface area (Å²) in [5.41, 5.74) is 5.20. The maximum Gasteiger partial charge on any atom is 0.249 e. The zero-order chi connectivity index (χ0) is 25.8. The summed E-state index contributed by atoms with van der Waals surface area (Å²) in [5, 5.41) is 0.285. The quantitative estimate of drug-likeness (QED) is 0.245. The smallest absolute Gasteiger partial charge is 0.249 e. The minimum absolute atomic E-state index is 0. The van der Waals surface area contributed by atoms with E-state index in [1.165, 1.54) is 22.3 Å². The van der Waals surface area contributed by atoms with Crippen molar-refractivity contribution in [2.75, 3.05) is 0 Å². The summed E-state index contributed by atoms with van der Waals surface area (Å²) < 4.78 is 13.9. The molecule has 0 aliphatic heterocycles. The van der Waals surface area contributed by atoms with Crippen LogP contribution in [0.5, 0.6) is 0 Å². The summed E-state index contributed by atoms with van der Waals surface area (Å²) >= 11 is 0. The second-order valence-electron chi connectivity index (χ2n) is 13.2. The van der Waals surface area contributed by atoms with Crippen LogP contribution in [0.2, 0.25) is 36.3 Å². The molecule has 0 aromatic heterocycles. The SMILES string of the molecule is CC(C)(C)[Si](C)(C)OC1=Cc2ccccc2C1[CH-]C1C(O[Si](C)(C)C(C)(C)C)=Cc2ccccc21.[Zr]. The molecule has 0 N–H and O–H groups in total. The fourth-order valence-electron chi connectivity index (χ4n) is 4.31. The molecule has 2 unspecified atom stereocenters. The number of fused-ring (bicyclic) bond motifs is 2. The number of rotatable bonds is 6. The third kappa shape index (κ3) is 5.64. The van der Waals surface area contributed by atoms with E-state index in [1.807, 2.05) is 0 Å². The first-order valence-electron chi connectivity index (χ1n) is 12.9. The molecule has 2 atom stereocenters. The van der Waals surface area contributed by atoms with Gasteiger partial charge in [0.2, 0.25) is 16.6 Å². The van der Waals surface area contributed by atoms with Crippen LogP contribution in [0.4, 0.5) is 0 Å². The molecule has 0 heterocycles. The Bertz CT molecular complexity index is 1070. The van der Waals surface area contributed by atoms with Crippen molar-refractivity contribution in [2.24, 2.45) is 0 Å². The van der Waals surface area contributed by atoms with E-state index >= 15 is 0 Å². The summed E-state index contributed by atoms with van der Waals surface area (Å²) in [6.07, 6.45) is 7.03. The molecule has 0 spiro atoms. The van der Waals surface area contributed by atoms with Crippen LogP contribution < -0.4 is 0 Å². The molecule has 192 valence electrons. The summed E-state index contributed by atoms with van der Waals surface area (Å²) in [6.45, 7) is 23.2. The molecule has 5 heteroatoms. The second-order valence-corrected chi connectivity index (χ2v) is 22.7. The van der Waals surface area contributed by atoms with Gasteiger partial charge in [0.25, 0.3) is 0 Å². The Labute approximate surface area is 241 Å². The molecule has 2 aliphatic rings. The predicted molar refractivity (Wildman–Crippen MR) is 155 cm³/mol. The number of allylic oxidation sites excluding steroid dienone is 2. The largest absolute Gasteiger partial charge is 0.548 e. The van der Waals surface area contributed by atoms with Crippen molar-refractivity contribution in [2.45, 2.75) is 89.6 Å². The van der Waals surface area contributed by atoms with E-state index in [-0.39, 0.29) is 48.1 Å². The fraction of sp³-hybridized carbons (Fsp3) is 0.452. The number of benzene rings is 2. The van der Waals surface area contributed by atoms with Gasteiger partial charge in [-0.2, -0.15) is 0 Å². The maximum absolute atomic E-state index is 6.96. The van der Waals surface area contributed by atoms with Gasteiger partial charge < -0.3 is 8.85 Å². The van der Waals surface area contributed by atoms with Crippen molar-refractivity contribution in [1.29, 1.82) is 0 Å². The van der Waals surface area contributed by atoms with E-state index in [4.69, 9.17) is 8.85 Å². The molecule has 2 aromatic carbocycles. The van der Waals surface area contributed by atoms with Gasteiger partial charge in [0, 0.05) is 26.2 Å². The fourth-order valence-corrected chi connectivity index (χ4v) is 6.48. The van der Waals surface area contributed by atoms with Crippen molar-refractivity contribution in [3.63, 3.8) is 0 Å². The normalized spacial score (nSPS) is 19.6. The van der Waals surface area contributed by atoms with E-state index in [0.717, 1.165) is 11.5 Å². The minimum atomic E-state index is -1.99. The van der Waals surface area contributed by atoms with Crippen molar-refractivity contribution in [3.8, 4) is 0 Å². The van der Waals surface area contributed by atoms with Gasteiger partial charge in [-0.05, 0) is 59.5 Å². The first kappa shape index (κ1) is 29.4. The monoisotopic (exact) mass is 593 g/mol. The van der Waals surface area contributed by atoms with E-state index in [0.29, 0.717) is 0 Å². The van der Waals surface area contributed by atoms with Crippen LogP contribution in [0.1, 0.15) is 75.6 Å². The molecule has 0 saturated carbocycles. The van der Waals surface area contributed by atoms with Crippen LogP contribution in [-0.2, 0) is 35.1 Å². The van der Waals surface area contributed by atoms with E-state index in [9.17, 15) is 0 Å². The van der Waals surface area contributed by atoms with Crippen LogP contribution in [-0.4, -0.2) is 16.6 Å². The molecule has 2 aromatic rings. The molecule has 4 rings (SSSR count). The Kier molecular flexibility index (Phi) is 8.32. The van der Waals surface area contributed by atoms with Crippen LogP contribution >= 0.6 is 0 Å². The summed E-state index contributed by atoms with van der Waals surface area (Å²) in [4.78, 5) is 0. The molecule has 0 fully saturated rings. The Morgan fingerprint density at radius 3 is 1.28 bits per heavy atom. The third-order valence-electron chi connectivity index (χ3n) is 8.61. The minimum Gasteiger partial charge on any atom is -0.548 e. The van der Waals surface area contributed by atoms with Crippen molar-refractivity contribution >= 4 is 28.8 Å². The van der Waals surface area contributed by atoms with Gasteiger partial charge in [-0.1, -0.05) is 113 Å². The number of hydrogen-bond acceptors (Lipinski definition) is 2. The molecule has 0 bridgehead atoms. The summed E-state index contributed by atoms with van der Waals surface area (Å²) in [5.74, 6) is 2.41. The van der Waals surface area contributed by atoms with Crippen LogP contribution in [0, 0.1) is 6.42 Å². The average molecular weight is 595 g/mol. The van der Waals surface area contributed by atoms with Crippen molar-refractivity contribution in [3.05, 3.63) is 88.7 Å². The third-order valence-corrected chi connectivity index (χ3v) is 17.3. The standard InChI is InChI=1S/C31H43O2Si2.Zr/c1-30(2,3)34(7,8)32-28-19-22-15-11-13-17-24(22)26(28)21-27-25-18-14-12-16-23(25)20-29(27)33-35(9,10)31(4,5)6;/h11-21,26-27H,1-10H3;/q-1;. The first-order valence-corrected chi connectivity index (χ1v) is 18.8. The predicted octanol–water partition coefficient (Wildman–Crippen LogP) is 9.51. The average Bonchev–Trinajstić information content (AvgIpc) is 3.24. The Morgan fingerprint density at radius 1 is 0.611 bits per heavy atom. The van der Waals surface area contributed by atoms with E-state index < -0.39 is 16.6 Å². The molecule has 0 amide bonds.